The van der Waals surface area contributed by atoms with Crippen LogP contribution in [-0.2, 0) is 0 Å². The van der Waals surface area contributed by atoms with E-state index in [2.05, 4.69) is 27.8 Å². The molecule has 0 aromatic heterocycles. The second-order valence-electron chi connectivity index (χ2n) is 3.49. The Balaban J connectivity index is 2.40. The summed E-state index contributed by atoms with van der Waals surface area (Å²) in [6.45, 7) is 0. The first-order valence-electron chi connectivity index (χ1n) is 5.07. The zero-order chi connectivity index (χ0) is 11.4. The number of benzene rings is 2. The van der Waals surface area contributed by atoms with E-state index in [1.165, 1.54) is 0 Å². The highest BCUT2D eigenvalue weighted by Gasteiger charge is 1.95. The highest BCUT2D eigenvalue weighted by atomic mass is 79.9. The van der Waals surface area contributed by atoms with Crippen LogP contribution < -0.4 is 0 Å². The molecule has 0 heterocycles. The van der Waals surface area contributed by atoms with Crippen LogP contribution in [0.3, 0.4) is 0 Å². The monoisotopic (exact) mass is 274 g/mol. The van der Waals surface area contributed by atoms with E-state index in [-0.39, 0.29) is 5.75 Å². The van der Waals surface area contributed by atoms with Crippen LogP contribution in [0.25, 0.3) is 10.8 Å². The maximum absolute atomic E-state index is 9.39. The van der Waals surface area contributed by atoms with Gasteiger partial charge in [0.15, 0.2) is 0 Å². The molecule has 0 spiro atoms. The van der Waals surface area contributed by atoms with Crippen LogP contribution in [0.15, 0.2) is 36.4 Å². The van der Waals surface area contributed by atoms with Crippen molar-refractivity contribution in [1.29, 1.82) is 0 Å². The lowest BCUT2D eigenvalue weighted by molar-refractivity contribution is 0.476. The van der Waals surface area contributed by atoms with Gasteiger partial charge in [-0.3, -0.25) is 0 Å². The van der Waals surface area contributed by atoms with Crippen LogP contribution in [0.5, 0.6) is 5.75 Å². The summed E-state index contributed by atoms with van der Waals surface area (Å²) in [6, 6.07) is 11.4. The number of alkyl halides is 1. The van der Waals surface area contributed by atoms with E-state index in [0.717, 1.165) is 28.1 Å². The summed E-state index contributed by atoms with van der Waals surface area (Å²) >= 11 is 3.34. The number of halogens is 1. The molecule has 1 N–H and O–H groups in total. The summed E-state index contributed by atoms with van der Waals surface area (Å²) in [4.78, 5) is 0. The molecule has 80 valence electrons. The zero-order valence-electron chi connectivity index (χ0n) is 8.70. The van der Waals surface area contributed by atoms with Crippen molar-refractivity contribution in [2.75, 3.05) is 5.33 Å². The van der Waals surface area contributed by atoms with Gasteiger partial charge in [0.2, 0.25) is 0 Å². The van der Waals surface area contributed by atoms with E-state index in [4.69, 9.17) is 0 Å². The lowest BCUT2D eigenvalue weighted by atomic mass is 10.1. The second kappa shape index (κ2) is 5.05. The molecule has 2 rings (SSSR count). The maximum Gasteiger partial charge on any atom is 0.116 e. The Kier molecular flexibility index (Phi) is 3.48. The number of phenols is 1. The van der Waals surface area contributed by atoms with Crippen molar-refractivity contribution in [1.82, 2.24) is 0 Å². The Morgan fingerprint density at radius 2 is 1.88 bits per heavy atom. The number of hydrogen-bond donors (Lipinski definition) is 1. The molecule has 0 saturated carbocycles. The fourth-order valence-corrected chi connectivity index (χ4v) is 1.72. The number of rotatable bonds is 1. The number of hydrogen-bond acceptors (Lipinski definition) is 1. The molecular weight excluding hydrogens is 264 g/mol. The summed E-state index contributed by atoms with van der Waals surface area (Å²) in [6.07, 6.45) is 0.845. The van der Waals surface area contributed by atoms with Gasteiger partial charge in [-0.2, -0.15) is 0 Å². The van der Waals surface area contributed by atoms with Gasteiger partial charge < -0.3 is 5.11 Å². The molecular formula is C14H11BrO. The first kappa shape index (κ1) is 11.0. The van der Waals surface area contributed by atoms with E-state index in [9.17, 15) is 5.11 Å². The standard InChI is InChI=1S/C14H11BrO/c15-8-2-1-3-11-4-5-12-6-7-14(16)10-13(12)9-11/h4-7,9-10,16H,2,8H2. The Morgan fingerprint density at radius 3 is 2.69 bits per heavy atom. The van der Waals surface area contributed by atoms with Crippen LogP contribution in [0.1, 0.15) is 12.0 Å². The lowest BCUT2D eigenvalue weighted by Crippen LogP contribution is -1.77. The third-order valence-corrected chi connectivity index (χ3v) is 2.67. The number of fused-ring (bicyclic) bond motifs is 1. The van der Waals surface area contributed by atoms with Crippen molar-refractivity contribution in [3.63, 3.8) is 0 Å². The predicted molar refractivity (Wildman–Crippen MR) is 70.9 cm³/mol. The molecule has 1 nitrogen and oxygen atoms in total. The van der Waals surface area contributed by atoms with Gasteiger partial charge in [-0.05, 0) is 35.0 Å². The first-order valence-corrected chi connectivity index (χ1v) is 6.19. The molecule has 2 heteroatoms. The minimum Gasteiger partial charge on any atom is -0.508 e. The van der Waals surface area contributed by atoms with Crippen LogP contribution in [0.4, 0.5) is 0 Å². The van der Waals surface area contributed by atoms with Gasteiger partial charge in [0, 0.05) is 17.3 Å². The number of phenolic OH excluding ortho intramolecular Hbond substituents is 1. The molecule has 0 bridgehead atoms. The summed E-state index contributed by atoms with van der Waals surface area (Å²) < 4.78 is 0. The van der Waals surface area contributed by atoms with Gasteiger partial charge in [0.1, 0.15) is 5.75 Å². The van der Waals surface area contributed by atoms with E-state index in [0.29, 0.717) is 0 Å². The maximum atomic E-state index is 9.39. The Hall–Kier alpha value is -1.46. The van der Waals surface area contributed by atoms with E-state index in [1.807, 2.05) is 24.3 Å². The smallest absolute Gasteiger partial charge is 0.116 e. The van der Waals surface area contributed by atoms with Gasteiger partial charge in [-0.25, -0.2) is 0 Å². The molecule has 0 aliphatic carbocycles. The Morgan fingerprint density at radius 1 is 1.06 bits per heavy atom. The fraction of sp³-hybridized carbons (Fsp3) is 0.143. The van der Waals surface area contributed by atoms with Gasteiger partial charge in [-0.15, -0.1) is 0 Å². The van der Waals surface area contributed by atoms with Crippen molar-refractivity contribution in [2.24, 2.45) is 0 Å². The van der Waals surface area contributed by atoms with E-state index < -0.39 is 0 Å². The van der Waals surface area contributed by atoms with Gasteiger partial charge >= 0.3 is 0 Å². The third kappa shape index (κ3) is 2.56. The molecule has 16 heavy (non-hydrogen) atoms. The fourth-order valence-electron chi connectivity index (χ4n) is 1.52. The third-order valence-electron chi connectivity index (χ3n) is 2.28. The Bertz CT molecular complexity index is 564. The molecule has 0 unspecified atom stereocenters. The molecule has 0 radical (unpaired) electrons. The van der Waals surface area contributed by atoms with Crippen molar-refractivity contribution in [2.45, 2.75) is 6.42 Å². The summed E-state index contributed by atoms with van der Waals surface area (Å²) in [5.41, 5.74) is 0.985. The minimum absolute atomic E-state index is 0.290. The van der Waals surface area contributed by atoms with E-state index in [1.54, 1.807) is 12.1 Å². The highest BCUT2D eigenvalue weighted by molar-refractivity contribution is 9.09. The summed E-state index contributed by atoms with van der Waals surface area (Å²) in [5.74, 6) is 6.46. The molecule has 0 amide bonds. The lowest BCUT2D eigenvalue weighted by Gasteiger charge is -1.99. The quantitative estimate of drug-likeness (QED) is 0.621. The number of aromatic hydroxyl groups is 1. The predicted octanol–water partition coefficient (Wildman–Crippen LogP) is 3.68. The SMILES string of the molecule is Oc1ccc2ccc(C#CCCBr)cc2c1. The van der Waals surface area contributed by atoms with Crippen molar-refractivity contribution in [3.8, 4) is 17.6 Å². The van der Waals surface area contributed by atoms with Crippen LogP contribution in [0, 0.1) is 11.8 Å². The largest absolute Gasteiger partial charge is 0.508 e. The molecule has 0 atom stereocenters. The first-order chi connectivity index (χ1) is 7.79. The summed E-state index contributed by atoms with van der Waals surface area (Å²) in [5, 5.41) is 12.4. The topological polar surface area (TPSA) is 20.2 Å². The van der Waals surface area contributed by atoms with Gasteiger partial charge in [0.05, 0.1) is 0 Å². The van der Waals surface area contributed by atoms with Crippen LogP contribution >= 0.6 is 15.9 Å². The van der Waals surface area contributed by atoms with Crippen LogP contribution in [0.2, 0.25) is 0 Å². The average molecular weight is 275 g/mol. The normalized spacial score (nSPS) is 9.81. The van der Waals surface area contributed by atoms with Crippen molar-refractivity contribution >= 4 is 26.7 Å². The molecule has 0 saturated heterocycles. The average Bonchev–Trinajstić information content (AvgIpc) is 2.29. The van der Waals surface area contributed by atoms with Crippen molar-refractivity contribution in [3.05, 3.63) is 42.0 Å². The zero-order valence-corrected chi connectivity index (χ0v) is 10.3. The Labute approximate surface area is 103 Å². The molecule has 0 aliphatic rings. The van der Waals surface area contributed by atoms with E-state index >= 15 is 0 Å². The molecule has 0 fully saturated rings. The summed E-state index contributed by atoms with van der Waals surface area (Å²) in [7, 11) is 0. The second-order valence-corrected chi connectivity index (χ2v) is 4.28. The molecule has 2 aromatic rings. The van der Waals surface area contributed by atoms with Crippen LogP contribution in [-0.4, -0.2) is 10.4 Å². The highest BCUT2D eigenvalue weighted by Crippen LogP contribution is 2.20. The van der Waals surface area contributed by atoms with Crippen molar-refractivity contribution < 1.29 is 5.11 Å². The van der Waals surface area contributed by atoms with Gasteiger partial charge in [-0.1, -0.05) is 39.9 Å². The molecule has 2 aromatic carbocycles. The minimum atomic E-state index is 0.290. The van der Waals surface area contributed by atoms with Gasteiger partial charge in [0.25, 0.3) is 0 Å². The molecule has 0 aliphatic heterocycles.